The molecule has 2 aromatic heterocycles. The maximum atomic E-state index is 12.8. The van der Waals surface area contributed by atoms with Crippen LogP contribution < -0.4 is 10.3 Å². The van der Waals surface area contributed by atoms with Crippen LogP contribution in [0.5, 0.6) is 5.75 Å². The third-order valence-corrected chi connectivity index (χ3v) is 3.95. The van der Waals surface area contributed by atoms with Crippen molar-refractivity contribution in [2.45, 2.75) is 0 Å². The molecule has 0 bridgehead atoms. The summed E-state index contributed by atoms with van der Waals surface area (Å²) in [5, 5.41) is 9.49. The van der Waals surface area contributed by atoms with Crippen LogP contribution in [0.15, 0.2) is 53.3 Å². The van der Waals surface area contributed by atoms with Gasteiger partial charge in [0, 0.05) is 5.56 Å². The van der Waals surface area contributed by atoms with Crippen LogP contribution in [-0.4, -0.2) is 21.5 Å². The quantitative estimate of drug-likeness (QED) is 0.616. The Morgan fingerprint density at radius 3 is 2.62 bits per heavy atom. The predicted molar refractivity (Wildman–Crippen MR) is 90.0 cm³/mol. The van der Waals surface area contributed by atoms with Gasteiger partial charge in [0.15, 0.2) is 0 Å². The number of aromatic amines is 1. The van der Waals surface area contributed by atoms with Crippen molar-refractivity contribution in [2.24, 2.45) is 0 Å². The first-order chi connectivity index (χ1) is 11.7. The van der Waals surface area contributed by atoms with Crippen LogP contribution in [0, 0.1) is 11.3 Å². The number of nitriles is 1. The van der Waals surface area contributed by atoms with Crippen molar-refractivity contribution in [3.05, 3.63) is 64.4 Å². The molecule has 6 heteroatoms. The number of aromatic nitrogens is 3. The van der Waals surface area contributed by atoms with E-state index < -0.39 is 0 Å². The molecule has 4 aromatic rings. The molecule has 24 heavy (non-hydrogen) atoms. The fraction of sp³-hybridized carbons (Fsp3) is 0.0556. The summed E-state index contributed by atoms with van der Waals surface area (Å²) in [7, 11) is 1.58. The number of imidazole rings is 1. The zero-order valence-corrected chi connectivity index (χ0v) is 12.8. The Balaban J connectivity index is 2.07. The highest BCUT2D eigenvalue weighted by molar-refractivity contribution is 5.80. The van der Waals surface area contributed by atoms with Gasteiger partial charge in [-0.25, -0.2) is 9.38 Å². The first kappa shape index (κ1) is 14.0. The second-order valence-electron chi connectivity index (χ2n) is 5.28. The topological polar surface area (TPSA) is 83.2 Å². The molecule has 0 aliphatic heterocycles. The van der Waals surface area contributed by atoms with Gasteiger partial charge in [-0.15, -0.1) is 0 Å². The molecule has 1 N–H and O–H groups in total. The zero-order valence-electron chi connectivity index (χ0n) is 12.8. The van der Waals surface area contributed by atoms with Gasteiger partial charge in [0.05, 0.1) is 23.8 Å². The molecule has 0 radical (unpaired) electrons. The summed E-state index contributed by atoms with van der Waals surface area (Å²) in [4.78, 5) is 20.4. The number of benzene rings is 2. The standard InChI is InChI=1S/C18H12N4O2/c1-24-12-8-6-11(7-9-12)16-13(10-19)17(23)22-15-5-3-2-4-14(15)20-18(22)21-16/h2-9H,1H3,(H,20,21). The van der Waals surface area contributed by atoms with E-state index in [9.17, 15) is 10.1 Å². The molecular formula is C18H12N4O2. The van der Waals surface area contributed by atoms with Crippen LogP contribution in [0.2, 0.25) is 0 Å². The van der Waals surface area contributed by atoms with Crippen molar-refractivity contribution in [2.75, 3.05) is 7.11 Å². The zero-order chi connectivity index (χ0) is 16.7. The van der Waals surface area contributed by atoms with Crippen molar-refractivity contribution in [1.82, 2.24) is 14.4 Å². The second kappa shape index (κ2) is 5.25. The normalized spacial score (nSPS) is 10.8. The molecule has 0 amide bonds. The number of methoxy groups -OCH3 is 1. The minimum atomic E-state index is -0.384. The van der Waals surface area contributed by atoms with E-state index in [0.717, 1.165) is 5.52 Å². The predicted octanol–water partition coefficient (Wildman–Crippen LogP) is 2.72. The van der Waals surface area contributed by atoms with Crippen molar-refractivity contribution < 1.29 is 4.74 Å². The number of nitrogens with one attached hydrogen (secondary N) is 1. The Morgan fingerprint density at radius 1 is 1.17 bits per heavy atom. The number of ether oxygens (including phenoxy) is 1. The number of fused-ring (bicyclic) bond motifs is 3. The Labute approximate surface area is 136 Å². The SMILES string of the molecule is COc1ccc(-c2nc3[nH]c4ccccc4n3c(=O)c2C#N)cc1. The Morgan fingerprint density at radius 2 is 1.92 bits per heavy atom. The van der Waals surface area contributed by atoms with Crippen molar-refractivity contribution in [1.29, 1.82) is 5.26 Å². The average Bonchev–Trinajstić information content (AvgIpc) is 3.00. The van der Waals surface area contributed by atoms with E-state index in [2.05, 4.69) is 9.97 Å². The van der Waals surface area contributed by atoms with Crippen LogP contribution in [0.1, 0.15) is 5.56 Å². The molecule has 0 aliphatic carbocycles. The van der Waals surface area contributed by atoms with Gasteiger partial charge in [0.25, 0.3) is 5.56 Å². The van der Waals surface area contributed by atoms with Gasteiger partial charge in [0.1, 0.15) is 17.4 Å². The average molecular weight is 316 g/mol. The molecule has 0 aliphatic rings. The summed E-state index contributed by atoms with van der Waals surface area (Å²) in [6, 6.07) is 16.5. The van der Waals surface area contributed by atoms with E-state index in [4.69, 9.17) is 4.74 Å². The number of H-pyrrole nitrogens is 1. The third kappa shape index (κ3) is 1.96. The maximum absolute atomic E-state index is 12.8. The lowest BCUT2D eigenvalue weighted by Gasteiger charge is -2.05. The molecule has 2 heterocycles. The lowest BCUT2D eigenvalue weighted by Crippen LogP contribution is -2.18. The maximum Gasteiger partial charge on any atom is 0.278 e. The van der Waals surface area contributed by atoms with Crippen LogP contribution in [0.4, 0.5) is 0 Å². The number of hydrogen-bond acceptors (Lipinski definition) is 4. The first-order valence-electron chi connectivity index (χ1n) is 7.31. The molecule has 0 saturated carbocycles. The van der Waals surface area contributed by atoms with Gasteiger partial charge in [-0.2, -0.15) is 5.26 Å². The van der Waals surface area contributed by atoms with Crippen LogP contribution in [0.3, 0.4) is 0 Å². The summed E-state index contributed by atoms with van der Waals surface area (Å²) in [5.74, 6) is 1.10. The summed E-state index contributed by atoms with van der Waals surface area (Å²) in [5.41, 5.74) is 2.16. The molecule has 6 nitrogen and oxygen atoms in total. The Kier molecular flexibility index (Phi) is 3.07. The van der Waals surface area contributed by atoms with Crippen molar-refractivity contribution in [3.63, 3.8) is 0 Å². The first-order valence-corrected chi connectivity index (χ1v) is 7.31. The molecule has 4 rings (SSSR count). The fourth-order valence-electron chi connectivity index (χ4n) is 2.78. The smallest absolute Gasteiger partial charge is 0.278 e. The van der Waals surface area contributed by atoms with E-state index in [-0.39, 0.29) is 11.1 Å². The minimum absolute atomic E-state index is 0.0161. The van der Waals surface area contributed by atoms with E-state index in [1.807, 2.05) is 30.3 Å². The number of rotatable bonds is 2. The van der Waals surface area contributed by atoms with E-state index in [1.54, 1.807) is 31.4 Å². The molecular weight excluding hydrogens is 304 g/mol. The van der Waals surface area contributed by atoms with Crippen molar-refractivity contribution in [3.8, 4) is 23.1 Å². The summed E-state index contributed by atoms with van der Waals surface area (Å²) >= 11 is 0. The van der Waals surface area contributed by atoms with Crippen LogP contribution >= 0.6 is 0 Å². The lowest BCUT2D eigenvalue weighted by atomic mass is 10.1. The summed E-state index contributed by atoms with van der Waals surface area (Å²) < 4.78 is 6.57. The highest BCUT2D eigenvalue weighted by atomic mass is 16.5. The van der Waals surface area contributed by atoms with Crippen LogP contribution in [0.25, 0.3) is 28.1 Å². The summed E-state index contributed by atoms with van der Waals surface area (Å²) in [6.07, 6.45) is 0. The third-order valence-electron chi connectivity index (χ3n) is 3.95. The van der Waals surface area contributed by atoms with Gasteiger partial charge in [-0.1, -0.05) is 12.1 Å². The minimum Gasteiger partial charge on any atom is -0.497 e. The number of para-hydroxylation sites is 2. The van der Waals surface area contributed by atoms with E-state index >= 15 is 0 Å². The largest absolute Gasteiger partial charge is 0.497 e. The highest BCUT2D eigenvalue weighted by Crippen LogP contribution is 2.24. The van der Waals surface area contributed by atoms with Crippen LogP contribution in [-0.2, 0) is 0 Å². The number of nitrogens with zero attached hydrogens (tertiary/aromatic N) is 3. The molecule has 2 aromatic carbocycles. The lowest BCUT2D eigenvalue weighted by molar-refractivity contribution is 0.415. The summed E-state index contributed by atoms with van der Waals surface area (Å²) in [6.45, 7) is 0. The molecule has 0 atom stereocenters. The van der Waals surface area contributed by atoms with Gasteiger partial charge in [-0.05, 0) is 36.4 Å². The number of hydrogen-bond donors (Lipinski definition) is 1. The van der Waals surface area contributed by atoms with Gasteiger partial charge < -0.3 is 9.72 Å². The van der Waals surface area contributed by atoms with E-state index in [0.29, 0.717) is 28.3 Å². The fourth-order valence-corrected chi connectivity index (χ4v) is 2.78. The monoisotopic (exact) mass is 316 g/mol. The molecule has 0 fully saturated rings. The Bertz CT molecular complexity index is 1160. The van der Waals surface area contributed by atoms with E-state index in [1.165, 1.54) is 4.40 Å². The van der Waals surface area contributed by atoms with Crippen molar-refractivity contribution >= 4 is 16.8 Å². The molecule has 0 spiro atoms. The van der Waals surface area contributed by atoms with Gasteiger partial charge in [-0.3, -0.25) is 4.79 Å². The van der Waals surface area contributed by atoms with Gasteiger partial charge >= 0.3 is 0 Å². The second-order valence-corrected chi connectivity index (χ2v) is 5.28. The molecule has 116 valence electrons. The Hall–Kier alpha value is -3.59. The molecule has 0 saturated heterocycles. The van der Waals surface area contributed by atoms with Gasteiger partial charge in [0.2, 0.25) is 5.78 Å². The molecule has 0 unspecified atom stereocenters. The highest BCUT2D eigenvalue weighted by Gasteiger charge is 2.17.